The van der Waals surface area contributed by atoms with Crippen molar-refractivity contribution in [3.8, 4) is 5.82 Å². The van der Waals surface area contributed by atoms with Gasteiger partial charge in [0, 0.05) is 25.7 Å². The first-order valence-corrected chi connectivity index (χ1v) is 9.55. The van der Waals surface area contributed by atoms with Crippen molar-refractivity contribution in [1.29, 1.82) is 0 Å². The van der Waals surface area contributed by atoms with E-state index in [-0.39, 0.29) is 42.5 Å². The largest absolute Gasteiger partial charge is 0.352 e. The maximum atomic E-state index is 12.4. The van der Waals surface area contributed by atoms with Crippen LogP contribution in [-0.2, 0) is 20.9 Å². The number of aromatic nitrogens is 4. The highest BCUT2D eigenvalue weighted by molar-refractivity contribution is 6.05. The van der Waals surface area contributed by atoms with Crippen molar-refractivity contribution in [2.24, 2.45) is 11.8 Å². The zero-order valence-electron chi connectivity index (χ0n) is 15.5. The Morgan fingerprint density at radius 2 is 1.89 bits per heavy atom. The fourth-order valence-corrected chi connectivity index (χ4v) is 3.94. The summed E-state index contributed by atoms with van der Waals surface area (Å²) in [5.74, 6) is -0.0977. The molecule has 4 rings (SSSR count). The molecule has 0 radical (unpaired) electrons. The van der Waals surface area contributed by atoms with Gasteiger partial charge in [-0.3, -0.25) is 19.3 Å². The van der Waals surface area contributed by atoms with Crippen LogP contribution in [0.2, 0.25) is 0 Å². The minimum absolute atomic E-state index is 0.101. The predicted octanol–water partition coefficient (Wildman–Crippen LogP) is 0.844. The molecule has 0 bridgehead atoms. The summed E-state index contributed by atoms with van der Waals surface area (Å²) in [6.07, 6.45) is 8.33. The van der Waals surface area contributed by atoms with E-state index in [9.17, 15) is 14.4 Å². The molecule has 146 valence electrons. The lowest BCUT2D eigenvalue weighted by Crippen LogP contribution is -2.35. The van der Waals surface area contributed by atoms with Gasteiger partial charge in [-0.05, 0) is 24.5 Å². The normalized spacial score (nSPS) is 21.6. The highest BCUT2D eigenvalue weighted by Gasteiger charge is 2.47. The van der Waals surface area contributed by atoms with Crippen LogP contribution in [0.25, 0.3) is 5.82 Å². The van der Waals surface area contributed by atoms with Gasteiger partial charge in [0.1, 0.15) is 12.7 Å². The second kappa shape index (κ2) is 7.87. The first kappa shape index (κ1) is 18.3. The molecule has 1 aliphatic heterocycles. The van der Waals surface area contributed by atoms with Gasteiger partial charge < -0.3 is 5.32 Å². The van der Waals surface area contributed by atoms with Crippen molar-refractivity contribution in [1.82, 2.24) is 30.0 Å². The molecule has 2 atom stereocenters. The lowest BCUT2D eigenvalue weighted by molar-refractivity contribution is -0.140. The van der Waals surface area contributed by atoms with E-state index in [4.69, 9.17) is 0 Å². The number of rotatable bonds is 6. The fourth-order valence-electron chi connectivity index (χ4n) is 3.94. The second-order valence-electron chi connectivity index (χ2n) is 7.22. The molecule has 2 aliphatic rings. The summed E-state index contributed by atoms with van der Waals surface area (Å²) in [7, 11) is 0. The molecule has 9 heteroatoms. The predicted molar refractivity (Wildman–Crippen MR) is 97.8 cm³/mol. The van der Waals surface area contributed by atoms with E-state index < -0.39 is 0 Å². The SMILES string of the molecule is O=C(CCN1C(=O)[C@@H]2CCCC[C@H]2C1=O)NCc1ccc(-n2cncn2)nc1. The minimum atomic E-state index is -0.198. The van der Waals surface area contributed by atoms with Gasteiger partial charge in [-0.1, -0.05) is 18.9 Å². The molecule has 1 N–H and O–H groups in total. The quantitative estimate of drug-likeness (QED) is 0.742. The fraction of sp³-hybridized carbons (Fsp3) is 0.474. The van der Waals surface area contributed by atoms with Crippen LogP contribution in [0.3, 0.4) is 0 Å². The van der Waals surface area contributed by atoms with Crippen molar-refractivity contribution in [2.45, 2.75) is 38.6 Å². The Kier molecular flexibility index (Phi) is 5.14. The van der Waals surface area contributed by atoms with E-state index in [1.54, 1.807) is 23.3 Å². The van der Waals surface area contributed by atoms with Gasteiger partial charge in [0.15, 0.2) is 5.82 Å². The third-order valence-corrected chi connectivity index (χ3v) is 5.45. The molecule has 9 nitrogen and oxygen atoms in total. The van der Waals surface area contributed by atoms with Gasteiger partial charge in [0.2, 0.25) is 17.7 Å². The lowest BCUT2D eigenvalue weighted by Gasteiger charge is -2.19. The molecule has 0 aromatic carbocycles. The molecule has 0 unspecified atom stereocenters. The average molecular weight is 382 g/mol. The summed E-state index contributed by atoms with van der Waals surface area (Å²) >= 11 is 0. The Balaban J connectivity index is 1.26. The highest BCUT2D eigenvalue weighted by atomic mass is 16.2. The Hall–Kier alpha value is -3.10. The minimum Gasteiger partial charge on any atom is -0.352 e. The number of nitrogens with zero attached hydrogens (tertiary/aromatic N) is 5. The number of hydrogen-bond acceptors (Lipinski definition) is 6. The number of pyridine rings is 1. The molecular formula is C19H22N6O3. The summed E-state index contributed by atoms with van der Waals surface area (Å²) in [4.78, 5) is 46.4. The van der Waals surface area contributed by atoms with Gasteiger partial charge >= 0.3 is 0 Å². The van der Waals surface area contributed by atoms with Crippen LogP contribution in [0.1, 0.15) is 37.7 Å². The van der Waals surface area contributed by atoms with Gasteiger partial charge in [-0.15, -0.1) is 0 Å². The zero-order valence-corrected chi connectivity index (χ0v) is 15.5. The number of likely N-dealkylation sites (tertiary alicyclic amines) is 1. The van der Waals surface area contributed by atoms with E-state index >= 15 is 0 Å². The molecule has 0 spiro atoms. The molecule has 1 saturated heterocycles. The summed E-state index contributed by atoms with van der Waals surface area (Å²) < 4.78 is 1.55. The van der Waals surface area contributed by atoms with E-state index in [2.05, 4.69) is 20.4 Å². The summed E-state index contributed by atoms with van der Waals surface area (Å²) in [5, 5.41) is 6.81. The van der Waals surface area contributed by atoms with Crippen LogP contribution in [0.15, 0.2) is 31.0 Å². The maximum Gasteiger partial charge on any atom is 0.233 e. The van der Waals surface area contributed by atoms with Gasteiger partial charge in [0.05, 0.1) is 11.8 Å². The van der Waals surface area contributed by atoms with E-state index in [0.29, 0.717) is 12.4 Å². The Morgan fingerprint density at radius 3 is 2.50 bits per heavy atom. The van der Waals surface area contributed by atoms with Gasteiger partial charge in [-0.25, -0.2) is 14.6 Å². The first-order valence-electron chi connectivity index (χ1n) is 9.55. The third-order valence-electron chi connectivity index (χ3n) is 5.45. The van der Waals surface area contributed by atoms with Crippen LogP contribution in [0.5, 0.6) is 0 Å². The van der Waals surface area contributed by atoms with Crippen molar-refractivity contribution < 1.29 is 14.4 Å². The molecule has 3 heterocycles. The molecular weight excluding hydrogens is 360 g/mol. The molecule has 1 saturated carbocycles. The van der Waals surface area contributed by atoms with Crippen molar-refractivity contribution in [3.63, 3.8) is 0 Å². The van der Waals surface area contributed by atoms with Crippen LogP contribution >= 0.6 is 0 Å². The molecule has 28 heavy (non-hydrogen) atoms. The van der Waals surface area contributed by atoms with E-state index in [0.717, 1.165) is 31.2 Å². The molecule has 2 aromatic heterocycles. The molecule has 2 aromatic rings. The topological polar surface area (TPSA) is 110 Å². The number of imide groups is 1. The lowest BCUT2D eigenvalue weighted by atomic mass is 9.81. The van der Waals surface area contributed by atoms with Gasteiger partial charge in [-0.2, -0.15) is 5.10 Å². The summed E-state index contributed by atoms with van der Waals surface area (Å²) in [6, 6.07) is 3.64. The summed E-state index contributed by atoms with van der Waals surface area (Å²) in [6.45, 7) is 0.483. The van der Waals surface area contributed by atoms with Crippen molar-refractivity contribution in [3.05, 3.63) is 36.5 Å². The van der Waals surface area contributed by atoms with Crippen LogP contribution < -0.4 is 5.32 Å². The number of nitrogens with one attached hydrogen (secondary N) is 1. The zero-order chi connectivity index (χ0) is 19.5. The van der Waals surface area contributed by atoms with Crippen LogP contribution in [0.4, 0.5) is 0 Å². The van der Waals surface area contributed by atoms with E-state index in [1.165, 1.54) is 11.2 Å². The van der Waals surface area contributed by atoms with Crippen molar-refractivity contribution >= 4 is 17.7 Å². The first-order chi connectivity index (χ1) is 13.6. The van der Waals surface area contributed by atoms with E-state index in [1.807, 2.05) is 6.07 Å². The molecule has 2 fully saturated rings. The molecule has 3 amide bonds. The van der Waals surface area contributed by atoms with Crippen LogP contribution in [0, 0.1) is 11.8 Å². The molecule has 1 aliphatic carbocycles. The second-order valence-corrected chi connectivity index (χ2v) is 7.22. The average Bonchev–Trinajstić information content (AvgIpc) is 3.34. The number of carbonyl (C=O) groups is 3. The number of fused-ring (bicyclic) bond motifs is 1. The Morgan fingerprint density at radius 1 is 1.14 bits per heavy atom. The standard InChI is InChI=1S/C19H22N6O3/c26-17(7-8-24-18(27)14-3-1-2-4-15(14)19(24)28)22-10-13-5-6-16(21-9-13)25-12-20-11-23-25/h5-6,9,11-12,14-15H,1-4,7-8,10H2,(H,22,26)/t14-,15-/m1/s1. The van der Waals surface area contributed by atoms with Gasteiger partial charge in [0.25, 0.3) is 0 Å². The number of hydrogen-bond donors (Lipinski definition) is 1. The Bertz CT molecular complexity index is 840. The van der Waals surface area contributed by atoms with Crippen LogP contribution in [-0.4, -0.2) is 48.9 Å². The third kappa shape index (κ3) is 3.64. The smallest absolute Gasteiger partial charge is 0.233 e. The number of carbonyl (C=O) groups excluding carboxylic acids is 3. The highest BCUT2D eigenvalue weighted by Crippen LogP contribution is 2.37. The summed E-state index contributed by atoms with van der Waals surface area (Å²) in [5.41, 5.74) is 0.844. The maximum absolute atomic E-state index is 12.4. The Labute approximate surface area is 162 Å². The monoisotopic (exact) mass is 382 g/mol. The van der Waals surface area contributed by atoms with Crippen molar-refractivity contribution in [2.75, 3.05) is 6.54 Å². The number of amides is 3.